The third kappa shape index (κ3) is 3.34. The molecule has 0 radical (unpaired) electrons. The molecule has 1 atom stereocenters. The van der Waals surface area contributed by atoms with Crippen LogP contribution in [0.1, 0.15) is 23.6 Å². The summed E-state index contributed by atoms with van der Waals surface area (Å²) in [6.07, 6.45) is 2.20. The monoisotopic (exact) mass is 261 g/mol. The van der Waals surface area contributed by atoms with Gasteiger partial charge in [-0.1, -0.05) is 12.1 Å². The highest BCUT2D eigenvalue weighted by atomic mass is 32.1. The molecule has 3 heteroatoms. The summed E-state index contributed by atoms with van der Waals surface area (Å²) in [7, 11) is 3.72. The first-order chi connectivity index (χ1) is 8.83. The summed E-state index contributed by atoms with van der Waals surface area (Å²) >= 11 is 1.76. The van der Waals surface area contributed by atoms with Gasteiger partial charge >= 0.3 is 0 Å². The Morgan fingerprint density at radius 2 is 2.22 bits per heavy atom. The van der Waals surface area contributed by atoms with E-state index in [2.05, 4.69) is 34.3 Å². The van der Waals surface area contributed by atoms with E-state index in [1.54, 1.807) is 18.4 Å². The number of aryl methyl sites for hydroxylation is 1. The number of ether oxygens (including phenoxy) is 1. The summed E-state index contributed by atoms with van der Waals surface area (Å²) in [5.74, 6) is 0.920. The molecule has 0 bridgehead atoms. The first kappa shape index (κ1) is 13.1. The molecule has 2 aromatic rings. The van der Waals surface area contributed by atoms with Crippen LogP contribution < -0.4 is 10.1 Å². The number of hydrogen-bond donors (Lipinski definition) is 1. The van der Waals surface area contributed by atoms with Crippen LogP contribution in [0.15, 0.2) is 41.1 Å². The Hall–Kier alpha value is -1.32. The Morgan fingerprint density at radius 3 is 2.89 bits per heavy atom. The zero-order valence-electron chi connectivity index (χ0n) is 10.8. The number of thiophene rings is 1. The van der Waals surface area contributed by atoms with Gasteiger partial charge in [-0.25, -0.2) is 0 Å². The van der Waals surface area contributed by atoms with Crippen LogP contribution in [0.25, 0.3) is 0 Å². The molecular weight excluding hydrogens is 242 g/mol. The fourth-order valence-corrected chi connectivity index (χ4v) is 2.78. The quantitative estimate of drug-likeness (QED) is 0.857. The van der Waals surface area contributed by atoms with Crippen molar-refractivity contribution in [2.75, 3.05) is 14.2 Å². The lowest BCUT2D eigenvalue weighted by Gasteiger charge is -2.17. The van der Waals surface area contributed by atoms with E-state index in [4.69, 9.17) is 4.74 Å². The van der Waals surface area contributed by atoms with Crippen molar-refractivity contribution < 1.29 is 4.74 Å². The van der Waals surface area contributed by atoms with Gasteiger partial charge in [0, 0.05) is 6.04 Å². The molecular formula is C15H19NOS. The van der Waals surface area contributed by atoms with Crippen LogP contribution >= 0.6 is 11.3 Å². The van der Waals surface area contributed by atoms with Crippen molar-refractivity contribution in [3.63, 3.8) is 0 Å². The maximum Gasteiger partial charge on any atom is 0.119 e. The molecule has 0 amide bonds. The van der Waals surface area contributed by atoms with Crippen molar-refractivity contribution in [3.05, 3.63) is 52.2 Å². The molecule has 1 N–H and O–H groups in total. The lowest BCUT2D eigenvalue weighted by atomic mass is 10.00. The summed E-state index contributed by atoms with van der Waals surface area (Å²) in [5.41, 5.74) is 2.70. The van der Waals surface area contributed by atoms with Crippen LogP contribution in [0, 0.1) is 0 Å². The molecule has 0 saturated heterocycles. The predicted octanol–water partition coefficient (Wildman–Crippen LogP) is 3.65. The van der Waals surface area contributed by atoms with Crippen molar-refractivity contribution in [1.82, 2.24) is 5.32 Å². The normalized spacial score (nSPS) is 12.3. The molecule has 2 rings (SSSR count). The smallest absolute Gasteiger partial charge is 0.119 e. The zero-order chi connectivity index (χ0) is 12.8. The second kappa shape index (κ2) is 6.57. The van der Waals surface area contributed by atoms with Crippen molar-refractivity contribution in [2.24, 2.45) is 0 Å². The van der Waals surface area contributed by atoms with Crippen LogP contribution in [0.4, 0.5) is 0 Å². The number of rotatable bonds is 6. The molecule has 0 aliphatic carbocycles. The van der Waals surface area contributed by atoms with Crippen LogP contribution in [0.2, 0.25) is 0 Å². The van der Waals surface area contributed by atoms with Gasteiger partial charge in [-0.2, -0.15) is 11.3 Å². The fraction of sp³-hybridized carbons (Fsp3) is 0.333. The molecule has 96 valence electrons. The summed E-state index contributed by atoms with van der Waals surface area (Å²) in [6, 6.07) is 10.9. The maximum absolute atomic E-state index is 5.27. The van der Waals surface area contributed by atoms with E-state index in [0.29, 0.717) is 6.04 Å². The third-order valence-corrected chi connectivity index (χ3v) is 3.88. The van der Waals surface area contributed by atoms with Crippen molar-refractivity contribution >= 4 is 11.3 Å². The van der Waals surface area contributed by atoms with Gasteiger partial charge in [0.05, 0.1) is 7.11 Å². The van der Waals surface area contributed by atoms with Gasteiger partial charge in [0.2, 0.25) is 0 Å². The molecule has 2 nitrogen and oxygen atoms in total. The van der Waals surface area contributed by atoms with Crippen LogP contribution in [-0.2, 0) is 6.42 Å². The van der Waals surface area contributed by atoms with Gasteiger partial charge in [-0.15, -0.1) is 0 Å². The van der Waals surface area contributed by atoms with Crippen molar-refractivity contribution in [2.45, 2.75) is 18.9 Å². The van der Waals surface area contributed by atoms with Gasteiger partial charge in [0.1, 0.15) is 5.75 Å². The largest absolute Gasteiger partial charge is 0.497 e. The Morgan fingerprint density at radius 1 is 1.33 bits per heavy atom. The predicted molar refractivity (Wildman–Crippen MR) is 77.4 cm³/mol. The highest BCUT2D eigenvalue weighted by Gasteiger charge is 2.10. The minimum Gasteiger partial charge on any atom is -0.497 e. The molecule has 1 aromatic heterocycles. The van der Waals surface area contributed by atoms with Gasteiger partial charge in [0.15, 0.2) is 0 Å². The molecule has 1 heterocycles. The number of benzene rings is 1. The number of methoxy groups -OCH3 is 1. The van der Waals surface area contributed by atoms with E-state index in [1.807, 2.05) is 19.2 Å². The molecule has 1 unspecified atom stereocenters. The Labute approximate surface area is 113 Å². The minimum atomic E-state index is 0.375. The molecule has 0 fully saturated rings. The SMILES string of the molecule is CNC(CCc1ccsc1)c1cccc(OC)c1. The van der Waals surface area contributed by atoms with E-state index in [1.165, 1.54) is 11.1 Å². The summed E-state index contributed by atoms with van der Waals surface area (Å²) < 4.78 is 5.27. The van der Waals surface area contributed by atoms with Gasteiger partial charge in [0.25, 0.3) is 0 Å². The molecule has 0 aliphatic rings. The Balaban J connectivity index is 2.03. The highest BCUT2D eigenvalue weighted by molar-refractivity contribution is 7.07. The topological polar surface area (TPSA) is 21.3 Å². The Bertz CT molecular complexity index is 467. The van der Waals surface area contributed by atoms with Crippen LogP contribution in [0.3, 0.4) is 0 Å². The third-order valence-electron chi connectivity index (χ3n) is 3.15. The first-order valence-corrected chi connectivity index (χ1v) is 7.10. The molecule has 1 aromatic carbocycles. The summed E-state index contributed by atoms with van der Waals surface area (Å²) in [4.78, 5) is 0. The van der Waals surface area contributed by atoms with E-state index in [0.717, 1.165) is 18.6 Å². The summed E-state index contributed by atoms with van der Waals surface area (Å²) in [5, 5.41) is 7.73. The number of nitrogens with one attached hydrogen (secondary N) is 1. The zero-order valence-corrected chi connectivity index (χ0v) is 11.7. The van der Waals surface area contributed by atoms with Crippen LogP contribution in [-0.4, -0.2) is 14.2 Å². The van der Waals surface area contributed by atoms with E-state index >= 15 is 0 Å². The molecule has 18 heavy (non-hydrogen) atoms. The number of hydrogen-bond acceptors (Lipinski definition) is 3. The van der Waals surface area contributed by atoms with E-state index in [-0.39, 0.29) is 0 Å². The maximum atomic E-state index is 5.27. The van der Waals surface area contributed by atoms with E-state index < -0.39 is 0 Å². The average Bonchev–Trinajstić information content (AvgIpc) is 2.93. The van der Waals surface area contributed by atoms with Gasteiger partial charge < -0.3 is 10.1 Å². The molecule has 0 saturated carbocycles. The van der Waals surface area contributed by atoms with E-state index in [9.17, 15) is 0 Å². The minimum absolute atomic E-state index is 0.375. The lowest BCUT2D eigenvalue weighted by Crippen LogP contribution is -2.17. The second-order valence-electron chi connectivity index (χ2n) is 4.29. The highest BCUT2D eigenvalue weighted by Crippen LogP contribution is 2.23. The fourth-order valence-electron chi connectivity index (χ4n) is 2.08. The van der Waals surface area contributed by atoms with Gasteiger partial charge in [-0.3, -0.25) is 0 Å². The lowest BCUT2D eigenvalue weighted by molar-refractivity contribution is 0.413. The van der Waals surface area contributed by atoms with Crippen molar-refractivity contribution in [3.8, 4) is 5.75 Å². The van der Waals surface area contributed by atoms with Gasteiger partial charge in [-0.05, 0) is 60.0 Å². The standard InChI is InChI=1S/C15H19NOS/c1-16-15(7-6-12-8-9-18-11-12)13-4-3-5-14(10-13)17-2/h3-5,8-11,15-16H,6-7H2,1-2H3. The van der Waals surface area contributed by atoms with Crippen LogP contribution in [0.5, 0.6) is 5.75 Å². The average molecular weight is 261 g/mol. The van der Waals surface area contributed by atoms with Crippen molar-refractivity contribution in [1.29, 1.82) is 0 Å². The summed E-state index contributed by atoms with van der Waals surface area (Å²) in [6.45, 7) is 0. The molecule has 0 spiro atoms. The second-order valence-corrected chi connectivity index (χ2v) is 5.07. The Kier molecular flexibility index (Phi) is 4.79. The first-order valence-electron chi connectivity index (χ1n) is 6.15. The molecule has 0 aliphatic heterocycles.